The molecule has 0 fully saturated rings. The molecule has 6 heteroatoms. The molecule has 0 atom stereocenters. The summed E-state index contributed by atoms with van der Waals surface area (Å²) in [4.78, 5) is 9.47. The fourth-order valence-electron chi connectivity index (χ4n) is 8.59. The van der Waals surface area contributed by atoms with E-state index < -0.39 is 0 Å². The van der Waals surface area contributed by atoms with Crippen LogP contribution in [0.5, 0.6) is 11.5 Å². The maximum atomic E-state index is 6.85. The van der Waals surface area contributed by atoms with Crippen molar-refractivity contribution in [3.63, 3.8) is 0 Å². The Labute approximate surface area is 401 Å². The van der Waals surface area contributed by atoms with Gasteiger partial charge >= 0.3 is 0 Å². The first kappa shape index (κ1) is 45.7. The van der Waals surface area contributed by atoms with E-state index in [2.05, 4.69) is 249 Å². The summed E-state index contributed by atoms with van der Waals surface area (Å²) < 4.78 is 9.07. The average molecular weight is 1040 g/mol. The smallest absolute Gasteiger partial charge is 0.135 e. The Hall–Kier alpha value is -5.90. The molecule has 0 bridgehead atoms. The van der Waals surface area contributed by atoms with Crippen molar-refractivity contribution < 1.29 is 25.8 Å². The quantitative estimate of drug-likeness (QED) is 0.142. The predicted octanol–water partition coefficient (Wildman–Crippen LogP) is 15.2. The third-order valence-corrected chi connectivity index (χ3v) is 12.7. The zero-order chi connectivity index (χ0) is 45.2. The van der Waals surface area contributed by atoms with E-state index in [9.17, 15) is 0 Å². The third kappa shape index (κ3) is 9.05. The maximum Gasteiger partial charge on any atom is 0.135 e. The summed E-state index contributed by atoms with van der Waals surface area (Å²) in [7, 11) is 0. The summed E-state index contributed by atoms with van der Waals surface area (Å²) in [5, 5.41) is 2.22. The molecule has 0 aliphatic carbocycles. The van der Waals surface area contributed by atoms with Crippen LogP contribution in [-0.2, 0) is 42.7 Å². The second-order valence-corrected chi connectivity index (χ2v) is 20.8. The zero-order valence-corrected chi connectivity index (χ0v) is 41.8. The van der Waals surface area contributed by atoms with Crippen LogP contribution in [0, 0.1) is 18.8 Å². The molecule has 8 aromatic rings. The molecule has 9 rings (SSSR count). The van der Waals surface area contributed by atoms with Crippen molar-refractivity contribution in [2.24, 2.45) is 0 Å². The fraction of sp³-hybridized carbons (Fsp3) is 0.254. The Balaban J connectivity index is 0.00000576. The molecule has 0 spiro atoms. The van der Waals surface area contributed by atoms with E-state index in [-0.39, 0.29) is 42.7 Å². The average Bonchev–Trinajstić information content (AvgIpc) is 3.86. The van der Waals surface area contributed by atoms with Crippen LogP contribution >= 0.6 is 0 Å². The Morgan fingerprint density at radius 3 is 1.82 bits per heavy atom. The zero-order valence-electron chi connectivity index (χ0n) is 39.5. The van der Waals surface area contributed by atoms with Crippen molar-refractivity contribution in [1.82, 2.24) is 9.55 Å². The second kappa shape index (κ2) is 17.1. The molecule has 2 aromatic heterocycles. The molecule has 5 nitrogen and oxygen atoms in total. The van der Waals surface area contributed by atoms with Crippen molar-refractivity contribution in [2.45, 2.75) is 97.8 Å². The molecule has 0 unspecified atom stereocenters. The first-order chi connectivity index (χ1) is 30.3. The molecule has 65 heavy (non-hydrogen) atoms. The molecule has 0 amide bonds. The third-order valence-electron chi connectivity index (χ3n) is 12.7. The van der Waals surface area contributed by atoms with E-state index in [1.165, 1.54) is 22.3 Å². The number of para-hydroxylation sites is 1. The fourth-order valence-corrected chi connectivity index (χ4v) is 8.59. The molecule has 0 saturated heterocycles. The Kier molecular flexibility index (Phi) is 12.0. The molecular formula is C59H59N4OPt-3. The largest absolute Gasteiger partial charge is 0.509 e. The van der Waals surface area contributed by atoms with Crippen LogP contribution in [0.15, 0.2) is 152 Å². The summed E-state index contributed by atoms with van der Waals surface area (Å²) >= 11 is 0. The van der Waals surface area contributed by atoms with Crippen molar-refractivity contribution in [1.29, 1.82) is 0 Å². The van der Waals surface area contributed by atoms with Crippen LogP contribution in [0.4, 0.5) is 11.4 Å². The van der Waals surface area contributed by atoms with Crippen LogP contribution in [0.3, 0.4) is 0 Å². The van der Waals surface area contributed by atoms with E-state index in [0.717, 1.165) is 55.8 Å². The number of benzene rings is 6. The molecule has 3 heterocycles. The van der Waals surface area contributed by atoms with Crippen LogP contribution < -0.4 is 14.5 Å². The first-order valence-corrected chi connectivity index (χ1v) is 22.4. The van der Waals surface area contributed by atoms with Gasteiger partial charge in [-0.3, -0.25) is 0 Å². The van der Waals surface area contributed by atoms with Crippen molar-refractivity contribution >= 4 is 38.9 Å². The van der Waals surface area contributed by atoms with Crippen molar-refractivity contribution in [2.75, 3.05) is 9.80 Å². The van der Waals surface area contributed by atoms with Gasteiger partial charge in [0, 0.05) is 61.1 Å². The number of aromatic nitrogens is 2. The summed E-state index contributed by atoms with van der Waals surface area (Å²) in [6.07, 6.45) is 4.14. The minimum Gasteiger partial charge on any atom is -0.509 e. The Morgan fingerprint density at radius 1 is 0.538 bits per heavy atom. The summed E-state index contributed by atoms with van der Waals surface area (Å²) in [6, 6.07) is 57.1. The van der Waals surface area contributed by atoms with Gasteiger partial charge in [-0.05, 0) is 86.0 Å². The molecular weight excluding hydrogens is 976 g/mol. The minimum absolute atomic E-state index is 0. The second-order valence-electron chi connectivity index (χ2n) is 20.8. The number of ether oxygens (including phenoxy) is 1. The standard InChI is InChI=1S/C59H59N4O.Pt/c1-56(2,3)43-30-44(57(4,5)6)33-47(32-43)62-39-61(38-54(62)40-20-14-12-15-21-40)46-31-45(58(7,8)9)34-49(36-46)64-48-26-27-51-50-24-18-19-25-52(50)63(53(51)37-48)55-35-42(28-29-60-55)59(10,11)41-22-16-13-17-23-41;/h12-35,38-39H,1-11H3;/q-3;. The Morgan fingerprint density at radius 2 is 1.15 bits per heavy atom. The van der Waals surface area contributed by atoms with Gasteiger partial charge in [0.05, 0.1) is 0 Å². The monoisotopic (exact) mass is 1030 g/mol. The van der Waals surface area contributed by atoms with Gasteiger partial charge in [0.1, 0.15) is 5.82 Å². The number of nitrogens with zero attached hydrogens (tertiary/aromatic N) is 4. The van der Waals surface area contributed by atoms with Crippen molar-refractivity contribution in [3.8, 4) is 17.3 Å². The number of hydrogen-bond acceptors (Lipinski definition) is 4. The molecule has 0 saturated carbocycles. The number of anilines is 2. The Bertz CT molecular complexity index is 3000. The van der Waals surface area contributed by atoms with Gasteiger partial charge in [-0.15, -0.1) is 53.6 Å². The minimum atomic E-state index is -0.228. The van der Waals surface area contributed by atoms with Gasteiger partial charge in [0.25, 0.3) is 0 Å². The van der Waals surface area contributed by atoms with Gasteiger partial charge in [0.15, 0.2) is 0 Å². The van der Waals surface area contributed by atoms with Crippen molar-refractivity contribution in [3.05, 3.63) is 204 Å². The van der Waals surface area contributed by atoms with Gasteiger partial charge in [-0.1, -0.05) is 167 Å². The van der Waals surface area contributed by atoms with E-state index in [1.807, 2.05) is 12.3 Å². The predicted molar refractivity (Wildman–Crippen MR) is 268 cm³/mol. The summed E-state index contributed by atoms with van der Waals surface area (Å²) in [5.74, 6) is 2.06. The molecule has 1 aliphatic heterocycles. The van der Waals surface area contributed by atoms with E-state index in [4.69, 9.17) is 9.72 Å². The van der Waals surface area contributed by atoms with Crippen LogP contribution in [0.2, 0.25) is 0 Å². The van der Waals surface area contributed by atoms with E-state index in [0.29, 0.717) is 11.5 Å². The summed E-state index contributed by atoms with van der Waals surface area (Å²) in [5.41, 5.74) is 11.9. The molecule has 6 aromatic carbocycles. The van der Waals surface area contributed by atoms with Crippen LogP contribution in [0.1, 0.15) is 110 Å². The van der Waals surface area contributed by atoms with E-state index >= 15 is 0 Å². The van der Waals surface area contributed by atoms with Gasteiger partial charge in [-0.25, -0.2) is 4.98 Å². The van der Waals surface area contributed by atoms with Gasteiger partial charge < -0.3 is 19.1 Å². The number of hydrogen-bond donors (Lipinski definition) is 0. The topological polar surface area (TPSA) is 33.5 Å². The van der Waals surface area contributed by atoms with Gasteiger partial charge in [-0.2, -0.15) is 6.07 Å². The van der Waals surface area contributed by atoms with Gasteiger partial charge in [0.2, 0.25) is 0 Å². The molecule has 1 aliphatic rings. The van der Waals surface area contributed by atoms with Crippen LogP contribution in [-0.4, -0.2) is 9.55 Å². The SMILES string of the molecule is CC(C)(C)c1cc(Oc2[c-]c3c(cc2)c2ccccc2n3-c2cc(C(C)(C)c3ccccc3)ccn2)[c-]c(N2C=C(c3ccccc3)N(c3cc(C(C)(C)C)cc(C(C)(C)C)c3)[CH-]2)c1.[Pt]. The molecule has 0 N–H and O–H groups in total. The summed E-state index contributed by atoms with van der Waals surface area (Å²) in [6.45, 7) is 27.2. The normalized spacial score (nSPS) is 13.6. The molecule has 0 radical (unpaired) electrons. The number of pyridine rings is 1. The first-order valence-electron chi connectivity index (χ1n) is 22.4. The molecule has 334 valence electrons. The van der Waals surface area contributed by atoms with E-state index in [1.54, 1.807) is 0 Å². The van der Waals surface area contributed by atoms with Crippen LogP contribution in [0.25, 0.3) is 33.3 Å². The number of fused-ring (bicyclic) bond motifs is 3. The number of rotatable bonds is 8. The maximum absolute atomic E-state index is 6.85.